The predicted octanol–water partition coefficient (Wildman–Crippen LogP) is 2.05. The Morgan fingerprint density at radius 1 is 1.50 bits per heavy atom. The molecule has 0 spiro atoms. The molecule has 1 atom stereocenters. The summed E-state index contributed by atoms with van der Waals surface area (Å²) in [7, 11) is 0. The maximum Gasteiger partial charge on any atom is 0.414 e. The van der Waals surface area contributed by atoms with Gasteiger partial charge in [-0.1, -0.05) is 5.21 Å². The number of rotatable bonds is 3. The third-order valence-corrected chi connectivity index (χ3v) is 3.83. The Hall–Kier alpha value is -1.71. The standard InChI is InChI=1S/C12H10FIN4O2/c13-10-5-8(1-2-11(10)14)18-7-9(20-12(18)19)6-17-4-3-15-16-17/h1-5,9H,6-7H2/t9-/m0/s1. The summed E-state index contributed by atoms with van der Waals surface area (Å²) in [6, 6.07) is 4.66. The quantitative estimate of drug-likeness (QED) is 0.756. The second-order valence-corrected chi connectivity index (χ2v) is 5.50. The fourth-order valence-electron chi connectivity index (χ4n) is 2.02. The number of aromatic nitrogens is 3. The lowest BCUT2D eigenvalue weighted by Gasteiger charge is -2.13. The Kier molecular flexibility index (Phi) is 3.55. The minimum Gasteiger partial charge on any atom is -0.442 e. The Morgan fingerprint density at radius 2 is 2.35 bits per heavy atom. The number of amides is 1. The van der Waals surface area contributed by atoms with Crippen LogP contribution in [0.1, 0.15) is 0 Å². The van der Waals surface area contributed by atoms with Gasteiger partial charge in [0.1, 0.15) is 11.9 Å². The summed E-state index contributed by atoms with van der Waals surface area (Å²) < 4.78 is 20.9. The Bertz CT molecular complexity index is 634. The average Bonchev–Trinajstić information content (AvgIpc) is 3.03. The van der Waals surface area contributed by atoms with Gasteiger partial charge in [-0.25, -0.2) is 13.9 Å². The first-order chi connectivity index (χ1) is 9.63. The fourth-order valence-corrected chi connectivity index (χ4v) is 2.35. The van der Waals surface area contributed by atoms with Crippen molar-refractivity contribution in [3.8, 4) is 0 Å². The molecule has 0 saturated carbocycles. The second-order valence-electron chi connectivity index (χ2n) is 4.34. The van der Waals surface area contributed by atoms with Crippen LogP contribution in [0.2, 0.25) is 0 Å². The van der Waals surface area contributed by atoms with Gasteiger partial charge < -0.3 is 4.74 Å². The molecule has 1 aliphatic rings. The average molecular weight is 388 g/mol. The molecule has 1 saturated heterocycles. The van der Waals surface area contributed by atoms with Crippen LogP contribution in [0.5, 0.6) is 0 Å². The van der Waals surface area contributed by atoms with Crippen molar-refractivity contribution in [2.75, 3.05) is 11.4 Å². The lowest BCUT2D eigenvalue weighted by atomic mass is 10.2. The maximum absolute atomic E-state index is 13.6. The number of carbonyl (C=O) groups excluding carboxylic acids is 1. The minimum absolute atomic E-state index is 0.327. The Labute approximate surface area is 127 Å². The van der Waals surface area contributed by atoms with E-state index in [2.05, 4.69) is 10.3 Å². The summed E-state index contributed by atoms with van der Waals surface area (Å²) >= 11 is 1.90. The molecule has 0 radical (unpaired) electrons. The van der Waals surface area contributed by atoms with Gasteiger partial charge in [0.15, 0.2) is 0 Å². The smallest absolute Gasteiger partial charge is 0.414 e. The minimum atomic E-state index is -0.476. The summed E-state index contributed by atoms with van der Waals surface area (Å²) in [5, 5.41) is 7.51. The van der Waals surface area contributed by atoms with Gasteiger partial charge in [0, 0.05) is 9.77 Å². The van der Waals surface area contributed by atoms with Crippen LogP contribution in [0, 0.1) is 9.39 Å². The van der Waals surface area contributed by atoms with E-state index in [1.165, 1.54) is 11.0 Å². The molecule has 0 aliphatic carbocycles. The zero-order valence-corrected chi connectivity index (χ0v) is 12.4. The molecular weight excluding hydrogens is 378 g/mol. The van der Waals surface area contributed by atoms with Crippen molar-refractivity contribution < 1.29 is 13.9 Å². The normalized spacial score (nSPS) is 18.4. The van der Waals surface area contributed by atoms with Crippen LogP contribution in [0.25, 0.3) is 0 Å². The molecule has 0 unspecified atom stereocenters. The molecule has 1 aromatic heterocycles. The van der Waals surface area contributed by atoms with Crippen molar-refractivity contribution in [1.82, 2.24) is 15.0 Å². The van der Waals surface area contributed by atoms with Crippen LogP contribution in [-0.2, 0) is 11.3 Å². The lowest BCUT2D eigenvalue weighted by molar-refractivity contribution is 0.129. The SMILES string of the molecule is O=C1O[C@@H](Cn2ccnn2)CN1c1ccc(I)c(F)c1. The van der Waals surface area contributed by atoms with E-state index in [-0.39, 0.29) is 11.9 Å². The van der Waals surface area contributed by atoms with Crippen molar-refractivity contribution in [3.63, 3.8) is 0 Å². The topological polar surface area (TPSA) is 60.3 Å². The van der Waals surface area contributed by atoms with E-state index < -0.39 is 6.09 Å². The first-order valence-corrected chi connectivity index (χ1v) is 6.98. The van der Waals surface area contributed by atoms with Crippen molar-refractivity contribution >= 4 is 34.4 Å². The first-order valence-electron chi connectivity index (χ1n) is 5.91. The number of nitrogens with zero attached hydrogens (tertiary/aromatic N) is 4. The molecular formula is C12H10FIN4O2. The summed E-state index contributed by atoms with van der Waals surface area (Å²) in [4.78, 5) is 13.3. The highest BCUT2D eigenvalue weighted by Crippen LogP contribution is 2.24. The molecule has 0 bridgehead atoms. The number of benzene rings is 1. The molecule has 1 aliphatic heterocycles. The van der Waals surface area contributed by atoms with E-state index in [1.807, 2.05) is 22.6 Å². The van der Waals surface area contributed by atoms with Crippen molar-refractivity contribution in [3.05, 3.63) is 40.0 Å². The summed E-state index contributed by atoms with van der Waals surface area (Å²) in [6.07, 6.45) is 2.45. The first kappa shape index (κ1) is 13.3. The van der Waals surface area contributed by atoms with Crippen molar-refractivity contribution in [2.45, 2.75) is 12.6 Å². The second kappa shape index (κ2) is 5.35. The number of halogens is 2. The monoisotopic (exact) mass is 388 g/mol. The summed E-state index contributed by atoms with van der Waals surface area (Å²) in [5.74, 6) is -0.351. The van der Waals surface area contributed by atoms with Crippen molar-refractivity contribution in [1.29, 1.82) is 0 Å². The van der Waals surface area contributed by atoms with Gasteiger partial charge in [-0.3, -0.25) is 4.90 Å². The highest BCUT2D eigenvalue weighted by atomic mass is 127. The third kappa shape index (κ3) is 2.60. The molecule has 1 fully saturated rings. The lowest BCUT2D eigenvalue weighted by Crippen LogP contribution is -2.26. The maximum atomic E-state index is 13.6. The molecule has 8 heteroatoms. The number of ether oxygens (including phenoxy) is 1. The summed E-state index contributed by atoms with van der Waals surface area (Å²) in [6.45, 7) is 0.786. The van der Waals surface area contributed by atoms with Gasteiger partial charge >= 0.3 is 6.09 Å². The summed E-state index contributed by atoms with van der Waals surface area (Å²) in [5.41, 5.74) is 0.494. The van der Waals surface area contributed by atoms with Crippen molar-refractivity contribution in [2.24, 2.45) is 0 Å². The Morgan fingerprint density at radius 3 is 3.05 bits per heavy atom. The van der Waals surface area contributed by atoms with Crippen LogP contribution < -0.4 is 4.90 Å². The van der Waals surface area contributed by atoms with Gasteiger partial charge in [0.2, 0.25) is 0 Å². The zero-order chi connectivity index (χ0) is 14.1. The van der Waals surface area contributed by atoms with E-state index in [9.17, 15) is 9.18 Å². The van der Waals surface area contributed by atoms with Gasteiger partial charge in [-0.2, -0.15) is 0 Å². The van der Waals surface area contributed by atoms with Crippen LogP contribution in [0.15, 0.2) is 30.6 Å². The molecule has 104 valence electrons. The number of cyclic esters (lactones) is 1. The largest absolute Gasteiger partial charge is 0.442 e. The highest BCUT2D eigenvalue weighted by molar-refractivity contribution is 14.1. The molecule has 20 heavy (non-hydrogen) atoms. The van der Waals surface area contributed by atoms with Gasteiger partial charge in [0.05, 0.1) is 25.0 Å². The molecule has 0 N–H and O–H groups in total. The van der Waals surface area contributed by atoms with E-state index >= 15 is 0 Å². The molecule has 2 heterocycles. The molecule has 3 rings (SSSR count). The fraction of sp³-hybridized carbons (Fsp3) is 0.250. The number of anilines is 1. The van der Waals surface area contributed by atoms with Crippen LogP contribution in [0.4, 0.5) is 14.9 Å². The van der Waals surface area contributed by atoms with Crippen LogP contribution >= 0.6 is 22.6 Å². The van der Waals surface area contributed by atoms with Crippen LogP contribution in [0.3, 0.4) is 0 Å². The van der Waals surface area contributed by atoms with E-state index in [0.29, 0.717) is 22.3 Å². The van der Waals surface area contributed by atoms with E-state index in [4.69, 9.17) is 4.74 Å². The molecule has 2 aromatic rings. The molecule has 1 aromatic carbocycles. The zero-order valence-electron chi connectivity index (χ0n) is 10.2. The predicted molar refractivity (Wildman–Crippen MR) is 76.8 cm³/mol. The third-order valence-electron chi connectivity index (χ3n) is 2.95. The Balaban J connectivity index is 1.75. The van der Waals surface area contributed by atoms with Gasteiger partial charge in [-0.15, -0.1) is 5.10 Å². The molecule has 6 nitrogen and oxygen atoms in total. The van der Waals surface area contributed by atoms with E-state index in [0.717, 1.165) is 0 Å². The molecule has 1 amide bonds. The number of carbonyl (C=O) groups is 1. The van der Waals surface area contributed by atoms with E-state index in [1.54, 1.807) is 29.2 Å². The van der Waals surface area contributed by atoms with Crippen LogP contribution in [-0.4, -0.2) is 33.7 Å². The number of hydrogen-bond acceptors (Lipinski definition) is 4. The highest BCUT2D eigenvalue weighted by Gasteiger charge is 2.33. The van der Waals surface area contributed by atoms with Gasteiger partial charge in [0.25, 0.3) is 0 Å². The van der Waals surface area contributed by atoms with Gasteiger partial charge in [-0.05, 0) is 40.8 Å². The number of hydrogen-bond donors (Lipinski definition) is 0.